The zero-order valence-electron chi connectivity index (χ0n) is 12.7. The Kier molecular flexibility index (Phi) is 4.56. The molecular formula is C15H22N2O3S. The number of likely N-dealkylation sites (tertiary alicyclic amines) is 1. The molecule has 0 saturated carbocycles. The third-order valence-corrected chi connectivity index (χ3v) is 5.13. The van der Waals surface area contributed by atoms with E-state index in [9.17, 15) is 13.2 Å². The fraction of sp³-hybridized carbons (Fsp3) is 0.533. The van der Waals surface area contributed by atoms with Gasteiger partial charge in [-0.1, -0.05) is 6.92 Å². The van der Waals surface area contributed by atoms with Crippen molar-refractivity contribution in [3.63, 3.8) is 0 Å². The predicted molar refractivity (Wildman–Crippen MR) is 84.0 cm³/mol. The van der Waals surface area contributed by atoms with Gasteiger partial charge in [0.1, 0.15) is 0 Å². The first-order valence-corrected chi connectivity index (χ1v) is 8.97. The Balaban J connectivity index is 2.13. The number of hydrogen-bond donors (Lipinski definition) is 0. The standard InChI is InChI=1S/C15H22N2O3S/c1-12-5-4-10-17(11-12)15(18)13-6-8-14(9-7-13)16(2)21(3,19)20/h6-9,12H,4-5,10-11H2,1-3H3/t12-/m0/s1. The second-order valence-electron chi connectivity index (χ2n) is 5.78. The van der Waals surface area contributed by atoms with Gasteiger partial charge in [-0.2, -0.15) is 0 Å². The molecule has 21 heavy (non-hydrogen) atoms. The minimum Gasteiger partial charge on any atom is -0.338 e. The van der Waals surface area contributed by atoms with E-state index in [0.29, 0.717) is 17.2 Å². The molecule has 0 bridgehead atoms. The SMILES string of the molecule is C[C@H]1CCCN(C(=O)c2ccc(N(C)S(C)(=O)=O)cc2)C1. The molecule has 0 spiro atoms. The molecule has 0 aliphatic carbocycles. The first-order chi connectivity index (χ1) is 9.79. The van der Waals surface area contributed by atoms with E-state index in [0.717, 1.165) is 25.8 Å². The lowest BCUT2D eigenvalue weighted by Crippen LogP contribution is -2.39. The van der Waals surface area contributed by atoms with E-state index in [-0.39, 0.29) is 5.91 Å². The second kappa shape index (κ2) is 6.05. The van der Waals surface area contributed by atoms with E-state index in [1.807, 2.05) is 4.90 Å². The maximum atomic E-state index is 12.4. The number of benzene rings is 1. The van der Waals surface area contributed by atoms with Gasteiger partial charge >= 0.3 is 0 Å². The Morgan fingerprint density at radius 1 is 1.29 bits per heavy atom. The summed E-state index contributed by atoms with van der Waals surface area (Å²) in [7, 11) is -1.78. The van der Waals surface area contributed by atoms with E-state index < -0.39 is 10.0 Å². The molecule has 0 aromatic heterocycles. The van der Waals surface area contributed by atoms with Gasteiger partial charge in [-0.05, 0) is 43.0 Å². The van der Waals surface area contributed by atoms with Gasteiger partial charge in [0, 0.05) is 25.7 Å². The number of carbonyl (C=O) groups is 1. The third-order valence-electron chi connectivity index (χ3n) is 3.92. The van der Waals surface area contributed by atoms with Crippen molar-refractivity contribution in [2.75, 3.05) is 30.7 Å². The Bertz CT molecular complexity index is 610. The minimum absolute atomic E-state index is 0.0232. The minimum atomic E-state index is -3.28. The fourth-order valence-electron chi connectivity index (χ4n) is 2.56. The first-order valence-electron chi connectivity index (χ1n) is 7.12. The molecule has 1 heterocycles. The summed E-state index contributed by atoms with van der Waals surface area (Å²) < 4.78 is 24.2. The van der Waals surface area contributed by atoms with Crippen LogP contribution in [0.5, 0.6) is 0 Å². The zero-order valence-corrected chi connectivity index (χ0v) is 13.6. The average molecular weight is 310 g/mol. The quantitative estimate of drug-likeness (QED) is 0.857. The lowest BCUT2D eigenvalue weighted by molar-refractivity contribution is 0.0683. The molecule has 0 N–H and O–H groups in total. The topological polar surface area (TPSA) is 57.7 Å². The highest BCUT2D eigenvalue weighted by molar-refractivity contribution is 7.92. The van der Waals surface area contributed by atoms with Gasteiger partial charge < -0.3 is 4.90 Å². The zero-order chi connectivity index (χ0) is 15.6. The summed E-state index contributed by atoms with van der Waals surface area (Å²) >= 11 is 0. The highest BCUT2D eigenvalue weighted by atomic mass is 32.2. The summed E-state index contributed by atoms with van der Waals surface area (Å²) in [6.07, 6.45) is 3.37. The van der Waals surface area contributed by atoms with Crippen LogP contribution < -0.4 is 4.31 Å². The number of carbonyl (C=O) groups excluding carboxylic acids is 1. The number of hydrogen-bond acceptors (Lipinski definition) is 3. The largest absolute Gasteiger partial charge is 0.338 e. The molecule has 1 aliphatic rings. The van der Waals surface area contributed by atoms with Gasteiger partial charge in [0.2, 0.25) is 10.0 Å². The van der Waals surface area contributed by atoms with Crippen molar-refractivity contribution in [1.29, 1.82) is 0 Å². The number of anilines is 1. The lowest BCUT2D eigenvalue weighted by Gasteiger charge is -2.31. The first kappa shape index (κ1) is 15.8. The van der Waals surface area contributed by atoms with Crippen LogP contribution in [-0.4, -0.2) is 45.6 Å². The number of piperidine rings is 1. The van der Waals surface area contributed by atoms with Crippen LogP contribution in [0.3, 0.4) is 0 Å². The van der Waals surface area contributed by atoms with Crippen LogP contribution >= 0.6 is 0 Å². The molecule has 2 rings (SSSR count). The van der Waals surface area contributed by atoms with Crippen LogP contribution in [0.15, 0.2) is 24.3 Å². The maximum Gasteiger partial charge on any atom is 0.253 e. The van der Waals surface area contributed by atoms with Crippen molar-refractivity contribution in [3.05, 3.63) is 29.8 Å². The van der Waals surface area contributed by atoms with Gasteiger partial charge in [-0.3, -0.25) is 9.10 Å². The normalized spacial score (nSPS) is 19.4. The van der Waals surface area contributed by atoms with Crippen LogP contribution in [0, 0.1) is 5.92 Å². The maximum absolute atomic E-state index is 12.4. The van der Waals surface area contributed by atoms with Gasteiger partial charge in [0.25, 0.3) is 5.91 Å². The van der Waals surface area contributed by atoms with Crippen molar-refractivity contribution in [3.8, 4) is 0 Å². The van der Waals surface area contributed by atoms with Gasteiger partial charge in [0.15, 0.2) is 0 Å². The molecule has 5 nitrogen and oxygen atoms in total. The molecule has 1 saturated heterocycles. The van der Waals surface area contributed by atoms with Crippen LogP contribution in [0.2, 0.25) is 0 Å². The molecule has 1 aromatic rings. The number of nitrogens with zero attached hydrogens (tertiary/aromatic N) is 2. The van der Waals surface area contributed by atoms with Crippen molar-refractivity contribution in [2.45, 2.75) is 19.8 Å². The van der Waals surface area contributed by atoms with E-state index in [2.05, 4.69) is 6.92 Å². The molecule has 0 unspecified atom stereocenters. The molecule has 1 aliphatic heterocycles. The molecule has 6 heteroatoms. The van der Waals surface area contributed by atoms with Crippen molar-refractivity contribution < 1.29 is 13.2 Å². The van der Waals surface area contributed by atoms with Crippen molar-refractivity contribution in [1.82, 2.24) is 4.90 Å². The summed E-state index contributed by atoms with van der Waals surface area (Å²) in [5, 5.41) is 0. The fourth-order valence-corrected chi connectivity index (χ4v) is 3.07. The molecular weight excluding hydrogens is 288 g/mol. The third kappa shape index (κ3) is 3.75. The van der Waals surface area contributed by atoms with E-state index in [4.69, 9.17) is 0 Å². The summed E-state index contributed by atoms with van der Waals surface area (Å²) in [6, 6.07) is 6.72. The van der Waals surface area contributed by atoms with Gasteiger partial charge in [-0.15, -0.1) is 0 Å². The number of amides is 1. The average Bonchev–Trinajstić information content (AvgIpc) is 2.45. The van der Waals surface area contributed by atoms with E-state index in [1.165, 1.54) is 17.8 Å². The second-order valence-corrected chi connectivity index (χ2v) is 7.79. The Morgan fingerprint density at radius 3 is 2.43 bits per heavy atom. The molecule has 1 atom stereocenters. The van der Waals surface area contributed by atoms with Crippen LogP contribution in [0.25, 0.3) is 0 Å². The lowest BCUT2D eigenvalue weighted by atomic mass is 9.99. The highest BCUT2D eigenvalue weighted by Gasteiger charge is 2.22. The summed E-state index contributed by atoms with van der Waals surface area (Å²) in [5.74, 6) is 0.563. The molecule has 0 radical (unpaired) electrons. The highest BCUT2D eigenvalue weighted by Crippen LogP contribution is 2.20. The summed E-state index contributed by atoms with van der Waals surface area (Å²) in [4.78, 5) is 14.3. The van der Waals surface area contributed by atoms with Crippen LogP contribution in [0.4, 0.5) is 5.69 Å². The van der Waals surface area contributed by atoms with E-state index in [1.54, 1.807) is 24.3 Å². The van der Waals surface area contributed by atoms with Crippen LogP contribution in [-0.2, 0) is 10.0 Å². The van der Waals surface area contributed by atoms with Crippen molar-refractivity contribution >= 4 is 21.6 Å². The summed E-state index contributed by atoms with van der Waals surface area (Å²) in [5.41, 5.74) is 1.16. The molecule has 116 valence electrons. The molecule has 1 fully saturated rings. The van der Waals surface area contributed by atoms with Crippen LogP contribution in [0.1, 0.15) is 30.1 Å². The smallest absolute Gasteiger partial charge is 0.253 e. The molecule has 1 aromatic carbocycles. The number of sulfonamides is 1. The number of rotatable bonds is 3. The summed E-state index contributed by atoms with van der Waals surface area (Å²) in [6.45, 7) is 3.75. The Morgan fingerprint density at radius 2 is 1.90 bits per heavy atom. The van der Waals surface area contributed by atoms with Gasteiger partial charge in [-0.25, -0.2) is 8.42 Å². The predicted octanol–water partition coefficient (Wildman–Crippen LogP) is 1.95. The Labute approximate surface area is 126 Å². The van der Waals surface area contributed by atoms with Gasteiger partial charge in [0.05, 0.1) is 11.9 Å². The Hall–Kier alpha value is -1.56. The molecule has 1 amide bonds. The monoisotopic (exact) mass is 310 g/mol. The van der Waals surface area contributed by atoms with E-state index >= 15 is 0 Å². The van der Waals surface area contributed by atoms with Crippen molar-refractivity contribution in [2.24, 2.45) is 5.92 Å².